The van der Waals surface area contributed by atoms with E-state index in [4.69, 9.17) is 4.74 Å². The maximum atomic E-state index is 12.9. The number of methoxy groups -OCH3 is 1. The Kier molecular flexibility index (Phi) is 6.83. The van der Waals surface area contributed by atoms with Gasteiger partial charge in [0.2, 0.25) is 15.9 Å². The van der Waals surface area contributed by atoms with Crippen molar-refractivity contribution in [2.45, 2.75) is 37.6 Å². The van der Waals surface area contributed by atoms with Crippen molar-refractivity contribution < 1.29 is 27.9 Å². The van der Waals surface area contributed by atoms with Gasteiger partial charge in [-0.25, -0.2) is 8.42 Å². The van der Waals surface area contributed by atoms with E-state index in [0.717, 1.165) is 0 Å². The second-order valence-electron chi connectivity index (χ2n) is 6.98. The van der Waals surface area contributed by atoms with Crippen LogP contribution < -0.4 is 9.46 Å². The van der Waals surface area contributed by atoms with Crippen molar-refractivity contribution in [1.29, 1.82) is 0 Å². The van der Waals surface area contributed by atoms with Crippen molar-refractivity contribution in [3.8, 4) is 5.75 Å². The normalized spacial score (nSPS) is 19.0. The lowest BCUT2D eigenvalue weighted by Gasteiger charge is -2.34. The minimum absolute atomic E-state index is 0.0313. The first-order chi connectivity index (χ1) is 12.7. The van der Waals surface area contributed by atoms with E-state index in [2.05, 4.69) is 4.72 Å². The number of likely N-dealkylation sites (tertiary alicyclic amines) is 1. The van der Waals surface area contributed by atoms with Gasteiger partial charge in [-0.1, -0.05) is 13.8 Å². The second kappa shape index (κ2) is 8.71. The number of rotatable bonds is 7. The number of hydrogen-bond acceptors (Lipinski definition) is 5. The first-order valence-electron chi connectivity index (χ1n) is 8.83. The molecule has 1 saturated heterocycles. The second-order valence-corrected chi connectivity index (χ2v) is 8.69. The summed E-state index contributed by atoms with van der Waals surface area (Å²) in [7, 11) is -2.43. The van der Waals surface area contributed by atoms with E-state index in [0.29, 0.717) is 25.1 Å². The molecule has 0 bridgehead atoms. The number of carboxylic acids is 1. The molecule has 0 aromatic heterocycles. The number of nitrogens with zero attached hydrogens (tertiary/aromatic N) is 1. The Morgan fingerprint density at radius 3 is 2.41 bits per heavy atom. The van der Waals surface area contributed by atoms with Crippen LogP contribution in [0, 0.1) is 11.8 Å². The Balaban J connectivity index is 2.18. The van der Waals surface area contributed by atoms with Gasteiger partial charge in [0.1, 0.15) is 11.8 Å². The van der Waals surface area contributed by atoms with Crippen molar-refractivity contribution in [2.24, 2.45) is 11.8 Å². The highest BCUT2D eigenvalue weighted by Crippen LogP contribution is 2.21. The van der Waals surface area contributed by atoms with E-state index >= 15 is 0 Å². The summed E-state index contributed by atoms with van der Waals surface area (Å²) < 4.78 is 32.9. The van der Waals surface area contributed by atoms with E-state index in [1.54, 1.807) is 13.8 Å². The highest BCUT2D eigenvalue weighted by molar-refractivity contribution is 7.89. The number of carbonyl (C=O) groups is 2. The van der Waals surface area contributed by atoms with Crippen LogP contribution in [0.4, 0.5) is 0 Å². The van der Waals surface area contributed by atoms with Crippen molar-refractivity contribution in [3.63, 3.8) is 0 Å². The number of sulfonamides is 1. The molecule has 2 N–H and O–H groups in total. The van der Waals surface area contributed by atoms with Gasteiger partial charge in [-0.3, -0.25) is 9.59 Å². The van der Waals surface area contributed by atoms with Crippen molar-refractivity contribution >= 4 is 21.9 Å². The molecule has 0 aliphatic carbocycles. The number of piperidine rings is 1. The maximum absolute atomic E-state index is 12.9. The molecule has 1 unspecified atom stereocenters. The molecule has 1 aromatic rings. The van der Waals surface area contributed by atoms with E-state index in [1.165, 1.54) is 36.3 Å². The van der Waals surface area contributed by atoms with Crippen LogP contribution in [0.5, 0.6) is 5.75 Å². The number of hydrogen-bond donors (Lipinski definition) is 2. The summed E-state index contributed by atoms with van der Waals surface area (Å²) in [4.78, 5) is 25.6. The van der Waals surface area contributed by atoms with E-state index in [-0.39, 0.29) is 17.4 Å². The van der Waals surface area contributed by atoms with Crippen molar-refractivity contribution in [1.82, 2.24) is 9.62 Å². The van der Waals surface area contributed by atoms with Gasteiger partial charge >= 0.3 is 5.97 Å². The lowest BCUT2D eigenvalue weighted by atomic mass is 9.96. The number of aliphatic carboxylic acids is 1. The van der Waals surface area contributed by atoms with Crippen molar-refractivity contribution in [3.05, 3.63) is 24.3 Å². The first-order valence-corrected chi connectivity index (χ1v) is 10.3. The first kappa shape index (κ1) is 21.2. The molecule has 0 radical (unpaired) electrons. The molecule has 8 nitrogen and oxygen atoms in total. The number of ether oxygens (including phenoxy) is 1. The molecule has 0 spiro atoms. The Hall–Kier alpha value is -2.13. The Morgan fingerprint density at radius 2 is 1.89 bits per heavy atom. The van der Waals surface area contributed by atoms with E-state index < -0.39 is 33.9 Å². The van der Waals surface area contributed by atoms with Crippen LogP contribution in [0.25, 0.3) is 0 Å². The fraction of sp³-hybridized carbons (Fsp3) is 0.556. The average molecular weight is 398 g/mol. The molecule has 150 valence electrons. The molecule has 2 atom stereocenters. The van der Waals surface area contributed by atoms with Crippen LogP contribution in [0.2, 0.25) is 0 Å². The molecule has 0 saturated carbocycles. The summed E-state index contributed by atoms with van der Waals surface area (Å²) in [5, 5.41) is 9.20. The third kappa shape index (κ3) is 5.20. The van der Waals surface area contributed by atoms with Crippen LogP contribution in [0.3, 0.4) is 0 Å². The van der Waals surface area contributed by atoms with Gasteiger partial charge in [-0.15, -0.1) is 0 Å². The summed E-state index contributed by atoms with van der Waals surface area (Å²) >= 11 is 0. The lowest BCUT2D eigenvalue weighted by Crippen LogP contribution is -2.54. The smallest absolute Gasteiger partial charge is 0.308 e. The summed E-state index contributed by atoms with van der Waals surface area (Å²) in [5.74, 6) is -1.72. The van der Waals surface area contributed by atoms with E-state index in [9.17, 15) is 23.1 Å². The molecule has 1 amide bonds. The van der Waals surface area contributed by atoms with E-state index in [1.807, 2.05) is 0 Å². The zero-order chi connectivity index (χ0) is 20.2. The number of amides is 1. The van der Waals surface area contributed by atoms with Crippen LogP contribution in [0.1, 0.15) is 26.7 Å². The highest BCUT2D eigenvalue weighted by atomic mass is 32.2. The summed E-state index contributed by atoms with van der Waals surface area (Å²) in [5.41, 5.74) is 0. The molecule has 1 fully saturated rings. The lowest BCUT2D eigenvalue weighted by molar-refractivity contribution is -0.146. The van der Waals surface area contributed by atoms with Gasteiger partial charge in [0.05, 0.1) is 17.9 Å². The number of carbonyl (C=O) groups excluding carboxylic acids is 1. The molecule has 1 aromatic carbocycles. The third-order valence-electron chi connectivity index (χ3n) is 4.67. The standard InChI is InChI=1S/C18H26N2O6S/c1-12(2)16(17(21)20-10-4-5-13(11-20)18(22)23)19-27(24,25)15-8-6-14(26-3)7-9-15/h6-9,12-13,16,19H,4-5,10-11H2,1-3H3,(H,22,23)/t13-,16?/m0/s1. The largest absolute Gasteiger partial charge is 0.497 e. The molecular weight excluding hydrogens is 372 g/mol. The molecular formula is C18H26N2O6S. The van der Waals surface area contributed by atoms with Crippen LogP contribution in [-0.2, 0) is 19.6 Å². The molecule has 9 heteroatoms. The zero-order valence-corrected chi connectivity index (χ0v) is 16.5. The van der Waals surface area contributed by atoms with Gasteiger partial charge < -0.3 is 14.7 Å². The SMILES string of the molecule is COc1ccc(S(=O)(=O)NC(C(=O)N2CCC[C@H](C(=O)O)C2)C(C)C)cc1. The maximum Gasteiger partial charge on any atom is 0.308 e. The Morgan fingerprint density at radius 1 is 1.26 bits per heavy atom. The average Bonchev–Trinajstić information content (AvgIpc) is 2.65. The van der Waals surface area contributed by atoms with Gasteiger partial charge in [0, 0.05) is 13.1 Å². The predicted octanol–water partition coefficient (Wildman–Crippen LogP) is 1.32. The van der Waals surface area contributed by atoms with Gasteiger partial charge in [-0.2, -0.15) is 4.72 Å². The monoisotopic (exact) mass is 398 g/mol. The number of carboxylic acid groups (broad SMARTS) is 1. The number of benzene rings is 1. The van der Waals surface area contributed by atoms with Gasteiger partial charge in [-0.05, 0) is 43.0 Å². The predicted molar refractivity (Wildman–Crippen MR) is 98.9 cm³/mol. The summed E-state index contributed by atoms with van der Waals surface area (Å²) in [6, 6.07) is 4.91. The Labute approximate surface area is 159 Å². The number of nitrogens with one attached hydrogen (secondary N) is 1. The van der Waals surface area contributed by atoms with Crippen molar-refractivity contribution in [2.75, 3.05) is 20.2 Å². The van der Waals surface area contributed by atoms with Crippen LogP contribution in [-0.4, -0.2) is 56.5 Å². The molecule has 1 aliphatic heterocycles. The fourth-order valence-electron chi connectivity index (χ4n) is 3.04. The quantitative estimate of drug-likeness (QED) is 0.716. The van der Waals surface area contributed by atoms with Gasteiger partial charge in [0.25, 0.3) is 0 Å². The minimum Gasteiger partial charge on any atom is -0.497 e. The molecule has 27 heavy (non-hydrogen) atoms. The molecule has 1 aliphatic rings. The topological polar surface area (TPSA) is 113 Å². The summed E-state index contributed by atoms with van der Waals surface area (Å²) in [6.07, 6.45) is 1.10. The zero-order valence-electron chi connectivity index (χ0n) is 15.7. The molecule has 1 heterocycles. The highest BCUT2D eigenvalue weighted by Gasteiger charge is 2.35. The fourth-order valence-corrected chi connectivity index (χ4v) is 4.38. The van der Waals surface area contributed by atoms with Crippen LogP contribution >= 0.6 is 0 Å². The minimum atomic E-state index is -3.91. The van der Waals surface area contributed by atoms with Gasteiger partial charge in [0.15, 0.2) is 0 Å². The summed E-state index contributed by atoms with van der Waals surface area (Å²) in [6.45, 7) is 4.02. The Bertz CT molecular complexity index is 776. The molecule has 2 rings (SSSR count). The third-order valence-corrected chi connectivity index (χ3v) is 6.12. The van der Waals surface area contributed by atoms with Crippen LogP contribution in [0.15, 0.2) is 29.2 Å².